The van der Waals surface area contributed by atoms with Crippen LogP contribution in [0.3, 0.4) is 0 Å². The molecule has 1 aromatic carbocycles. The van der Waals surface area contributed by atoms with E-state index in [1.54, 1.807) is 17.4 Å². The standard InChI is InChI=1S/C16H19ClO2S/c1-2-12-7-8-13(20-12)9-16(10-18,11-19)14-5-3-4-6-15(14)17/h3-8,18-19H,2,9-11H2,1H3. The van der Waals surface area contributed by atoms with Gasteiger partial charge in [-0.05, 0) is 36.6 Å². The molecule has 0 aliphatic rings. The van der Waals surface area contributed by atoms with Gasteiger partial charge < -0.3 is 10.2 Å². The Morgan fingerprint density at radius 3 is 2.25 bits per heavy atom. The molecule has 2 rings (SSSR count). The predicted octanol–water partition coefficient (Wildman–Crippen LogP) is 3.43. The van der Waals surface area contributed by atoms with Crippen molar-refractivity contribution in [1.29, 1.82) is 0 Å². The summed E-state index contributed by atoms with van der Waals surface area (Å²) in [6.07, 6.45) is 1.59. The third-order valence-electron chi connectivity index (χ3n) is 3.63. The summed E-state index contributed by atoms with van der Waals surface area (Å²) in [7, 11) is 0. The molecule has 0 atom stereocenters. The van der Waals surface area contributed by atoms with E-state index in [1.807, 2.05) is 18.2 Å². The van der Waals surface area contributed by atoms with Crippen LogP contribution in [0.5, 0.6) is 0 Å². The number of benzene rings is 1. The Morgan fingerprint density at radius 2 is 1.70 bits per heavy atom. The molecule has 20 heavy (non-hydrogen) atoms. The summed E-state index contributed by atoms with van der Waals surface area (Å²) in [5.74, 6) is 0. The number of thiophene rings is 1. The minimum absolute atomic E-state index is 0.132. The summed E-state index contributed by atoms with van der Waals surface area (Å²) in [6.45, 7) is 1.86. The van der Waals surface area contributed by atoms with Crippen molar-refractivity contribution >= 4 is 22.9 Å². The Bertz CT molecular complexity index is 561. The van der Waals surface area contributed by atoms with Gasteiger partial charge in [0.15, 0.2) is 0 Å². The van der Waals surface area contributed by atoms with Gasteiger partial charge in [-0.15, -0.1) is 11.3 Å². The van der Waals surface area contributed by atoms with E-state index in [-0.39, 0.29) is 13.2 Å². The van der Waals surface area contributed by atoms with Crippen molar-refractivity contribution in [3.05, 3.63) is 56.7 Å². The number of hydrogen-bond donors (Lipinski definition) is 2. The van der Waals surface area contributed by atoms with Gasteiger partial charge in [-0.1, -0.05) is 36.7 Å². The molecule has 0 radical (unpaired) electrons. The molecular formula is C16H19ClO2S. The van der Waals surface area contributed by atoms with Gasteiger partial charge in [-0.2, -0.15) is 0 Å². The second-order valence-electron chi connectivity index (χ2n) is 4.97. The first-order chi connectivity index (χ1) is 9.65. The molecule has 0 spiro atoms. The van der Waals surface area contributed by atoms with Crippen LogP contribution in [0.15, 0.2) is 36.4 Å². The highest BCUT2D eigenvalue weighted by molar-refractivity contribution is 7.12. The van der Waals surface area contributed by atoms with E-state index in [0.717, 1.165) is 16.9 Å². The average molecular weight is 311 g/mol. The predicted molar refractivity (Wildman–Crippen MR) is 84.7 cm³/mol. The van der Waals surface area contributed by atoms with Crippen molar-refractivity contribution in [2.75, 3.05) is 13.2 Å². The highest BCUT2D eigenvalue weighted by Gasteiger charge is 2.33. The summed E-state index contributed by atoms with van der Waals surface area (Å²) in [6, 6.07) is 11.6. The zero-order chi connectivity index (χ0) is 14.6. The van der Waals surface area contributed by atoms with E-state index in [2.05, 4.69) is 19.1 Å². The van der Waals surface area contributed by atoms with Gasteiger partial charge in [0.1, 0.15) is 0 Å². The zero-order valence-electron chi connectivity index (χ0n) is 11.5. The summed E-state index contributed by atoms with van der Waals surface area (Å²) in [4.78, 5) is 2.47. The first-order valence-electron chi connectivity index (χ1n) is 6.69. The number of halogens is 1. The third kappa shape index (κ3) is 3.07. The van der Waals surface area contributed by atoms with Crippen molar-refractivity contribution in [2.45, 2.75) is 25.2 Å². The lowest BCUT2D eigenvalue weighted by Gasteiger charge is -2.30. The fraction of sp³-hybridized carbons (Fsp3) is 0.375. The number of rotatable bonds is 6. The minimum Gasteiger partial charge on any atom is -0.395 e. The molecule has 0 saturated heterocycles. The van der Waals surface area contributed by atoms with Crippen molar-refractivity contribution in [2.24, 2.45) is 0 Å². The Kier molecular flexibility index (Phi) is 5.22. The van der Waals surface area contributed by atoms with Crippen LogP contribution in [0.2, 0.25) is 5.02 Å². The Morgan fingerprint density at radius 1 is 1.05 bits per heavy atom. The topological polar surface area (TPSA) is 40.5 Å². The lowest BCUT2D eigenvalue weighted by atomic mass is 9.78. The van der Waals surface area contributed by atoms with Gasteiger partial charge in [-0.25, -0.2) is 0 Å². The maximum atomic E-state index is 9.87. The molecule has 2 aromatic rings. The monoisotopic (exact) mass is 310 g/mol. The van der Waals surface area contributed by atoms with Crippen LogP contribution in [-0.2, 0) is 18.3 Å². The molecule has 1 aromatic heterocycles. The molecule has 0 saturated carbocycles. The molecule has 2 nitrogen and oxygen atoms in total. The lowest BCUT2D eigenvalue weighted by Crippen LogP contribution is -2.37. The fourth-order valence-electron chi connectivity index (χ4n) is 2.36. The van der Waals surface area contributed by atoms with Crippen LogP contribution in [-0.4, -0.2) is 23.4 Å². The molecule has 4 heteroatoms. The number of aliphatic hydroxyl groups is 2. The Hall–Kier alpha value is -0.870. The Balaban J connectivity index is 2.37. The molecule has 0 amide bonds. The van der Waals surface area contributed by atoms with Crippen LogP contribution in [0, 0.1) is 0 Å². The van der Waals surface area contributed by atoms with Crippen molar-refractivity contribution in [3.63, 3.8) is 0 Å². The second kappa shape index (κ2) is 6.72. The van der Waals surface area contributed by atoms with Crippen LogP contribution >= 0.6 is 22.9 Å². The van der Waals surface area contributed by atoms with Crippen molar-refractivity contribution in [1.82, 2.24) is 0 Å². The summed E-state index contributed by atoms with van der Waals surface area (Å²) in [5.41, 5.74) is 0.0758. The third-order valence-corrected chi connectivity index (χ3v) is 5.19. The molecule has 0 aliphatic heterocycles. The Labute approximate surface area is 128 Å². The normalized spacial score (nSPS) is 11.8. The molecule has 0 unspecified atom stereocenters. The van der Waals surface area contributed by atoms with Crippen LogP contribution in [0.4, 0.5) is 0 Å². The quantitative estimate of drug-likeness (QED) is 0.858. The maximum Gasteiger partial charge on any atom is 0.0554 e. The van der Waals surface area contributed by atoms with E-state index in [1.165, 1.54) is 4.88 Å². The van der Waals surface area contributed by atoms with Gasteiger partial charge in [0.2, 0.25) is 0 Å². The largest absolute Gasteiger partial charge is 0.395 e. The second-order valence-corrected chi connectivity index (χ2v) is 6.63. The maximum absolute atomic E-state index is 9.87. The summed E-state index contributed by atoms with van der Waals surface area (Å²) >= 11 is 7.97. The first kappa shape index (κ1) is 15.5. The molecule has 1 heterocycles. The van der Waals surface area contributed by atoms with Gasteiger partial charge in [0.05, 0.1) is 13.2 Å². The van der Waals surface area contributed by atoms with Crippen LogP contribution in [0.25, 0.3) is 0 Å². The highest BCUT2D eigenvalue weighted by Crippen LogP contribution is 2.34. The molecular weight excluding hydrogens is 292 g/mol. The molecule has 2 N–H and O–H groups in total. The van der Waals surface area contributed by atoms with Gasteiger partial charge in [0.25, 0.3) is 0 Å². The smallest absolute Gasteiger partial charge is 0.0554 e. The van der Waals surface area contributed by atoms with Crippen LogP contribution in [0.1, 0.15) is 22.2 Å². The lowest BCUT2D eigenvalue weighted by molar-refractivity contribution is 0.117. The fourth-order valence-corrected chi connectivity index (χ4v) is 3.80. The van der Waals surface area contributed by atoms with E-state index >= 15 is 0 Å². The van der Waals surface area contributed by atoms with E-state index < -0.39 is 5.41 Å². The molecule has 0 fully saturated rings. The van der Waals surface area contributed by atoms with E-state index in [4.69, 9.17) is 11.6 Å². The van der Waals surface area contributed by atoms with Crippen molar-refractivity contribution in [3.8, 4) is 0 Å². The number of hydrogen-bond acceptors (Lipinski definition) is 3. The summed E-state index contributed by atoms with van der Waals surface area (Å²) in [5, 5.41) is 20.3. The zero-order valence-corrected chi connectivity index (χ0v) is 13.0. The molecule has 0 aliphatic carbocycles. The average Bonchev–Trinajstić information content (AvgIpc) is 2.93. The SMILES string of the molecule is CCc1ccc(CC(CO)(CO)c2ccccc2Cl)s1. The van der Waals surface area contributed by atoms with E-state index in [9.17, 15) is 10.2 Å². The molecule has 0 bridgehead atoms. The van der Waals surface area contributed by atoms with E-state index in [0.29, 0.717) is 11.4 Å². The van der Waals surface area contributed by atoms with Gasteiger partial charge in [-0.3, -0.25) is 0 Å². The van der Waals surface area contributed by atoms with Gasteiger partial charge >= 0.3 is 0 Å². The van der Waals surface area contributed by atoms with Gasteiger partial charge in [0, 0.05) is 20.2 Å². The summed E-state index contributed by atoms with van der Waals surface area (Å²) < 4.78 is 0. The number of aryl methyl sites for hydroxylation is 1. The number of aliphatic hydroxyl groups excluding tert-OH is 2. The highest BCUT2D eigenvalue weighted by atomic mass is 35.5. The minimum atomic E-state index is -0.728. The van der Waals surface area contributed by atoms with Crippen LogP contribution < -0.4 is 0 Å². The molecule has 108 valence electrons. The first-order valence-corrected chi connectivity index (χ1v) is 7.89. The van der Waals surface area contributed by atoms with Crippen molar-refractivity contribution < 1.29 is 10.2 Å².